The van der Waals surface area contributed by atoms with Gasteiger partial charge in [-0.3, -0.25) is 4.98 Å². The fourth-order valence-electron chi connectivity index (χ4n) is 1.14. The van der Waals surface area contributed by atoms with Gasteiger partial charge in [-0.1, -0.05) is 0 Å². The molecule has 0 saturated heterocycles. The van der Waals surface area contributed by atoms with Crippen molar-refractivity contribution in [2.24, 2.45) is 0 Å². The maximum absolute atomic E-state index is 4.92. The molecule has 0 aliphatic rings. The van der Waals surface area contributed by atoms with Crippen LogP contribution in [0.4, 0.5) is 0 Å². The highest BCUT2D eigenvalue weighted by Gasteiger charge is 2.02. The summed E-state index contributed by atoms with van der Waals surface area (Å²) >= 11 is 0. The van der Waals surface area contributed by atoms with Gasteiger partial charge in [0, 0.05) is 6.20 Å². The average Bonchev–Trinajstić information content (AvgIpc) is 2.29. The number of methoxy groups -OCH3 is 1. The molecular weight excluding hydrogens is 192 g/mol. The molecule has 0 saturated carbocycles. The van der Waals surface area contributed by atoms with Crippen molar-refractivity contribution in [3.63, 3.8) is 0 Å². The van der Waals surface area contributed by atoms with Crippen LogP contribution in [0.5, 0.6) is 5.88 Å². The fraction of sp³-hybridized carbons (Fsp3) is 0.200. The quantitative estimate of drug-likeness (QED) is 0.733. The second kappa shape index (κ2) is 4.00. The van der Waals surface area contributed by atoms with Crippen LogP contribution >= 0.6 is 0 Å². The van der Waals surface area contributed by atoms with Crippen molar-refractivity contribution in [2.45, 2.75) is 6.92 Å². The van der Waals surface area contributed by atoms with E-state index in [0.29, 0.717) is 17.3 Å². The van der Waals surface area contributed by atoms with Gasteiger partial charge in [-0.15, -0.1) is 0 Å². The zero-order valence-corrected chi connectivity index (χ0v) is 8.51. The summed E-state index contributed by atoms with van der Waals surface area (Å²) in [5.41, 5.74) is 2.25. The molecular formula is C10H10N4O. The summed E-state index contributed by atoms with van der Waals surface area (Å²) in [4.78, 5) is 16.6. The normalized spacial score (nSPS) is 10.0. The molecule has 0 amide bonds. The summed E-state index contributed by atoms with van der Waals surface area (Å²) in [5.74, 6) is 0.486. The highest BCUT2D eigenvalue weighted by molar-refractivity contribution is 5.51. The van der Waals surface area contributed by atoms with Crippen molar-refractivity contribution in [2.75, 3.05) is 7.11 Å². The topological polar surface area (TPSA) is 60.8 Å². The first kappa shape index (κ1) is 9.51. The lowest BCUT2D eigenvalue weighted by Crippen LogP contribution is -1.94. The monoisotopic (exact) mass is 202 g/mol. The van der Waals surface area contributed by atoms with Gasteiger partial charge in [0.1, 0.15) is 11.4 Å². The molecule has 76 valence electrons. The Morgan fingerprint density at radius 1 is 1.00 bits per heavy atom. The lowest BCUT2D eigenvalue weighted by atomic mass is 10.3. The predicted octanol–water partition coefficient (Wildman–Crippen LogP) is 1.25. The van der Waals surface area contributed by atoms with Crippen molar-refractivity contribution >= 4 is 0 Å². The number of hydrogen-bond donors (Lipinski definition) is 0. The van der Waals surface area contributed by atoms with E-state index < -0.39 is 0 Å². The molecule has 0 aromatic carbocycles. The number of aryl methyl sites for hydroxylation is 1. The molecule has 0 atom stereocenters. The average molecular weight is 202 g/mol. The minimum Gasteiger partial charge on any atom is -0.480 e. The Bertz CT molecular complexity index is 455. The van der Waals surface area contributed by atoms with Crippen LogP contribution in [0.25, 0.3) is 11.4 Å². The summed E-state index contributed by atoms with van der Waals surface area (Å²) in [5, 5.41) is 0. The Labute approximate surface area is 87.2 Å². The van der Waals surface area contributed by atoms with E-state index in [1.54, 1.807) is 31.9 Å². The molecule has 0 N–H and O–H groups in total. The largest absolute Gasteiger partial charge is 0.480 e. The minimum absolute atomic E-state index is 0.486. The van der Waals surface area contributed by atoms with Gasteiger partial charge in [0.25, 0.3) is 0 Å². The summed E-state index contributed by atoms with van der Waals surface area (Å²) in [7, 11) is 1.55. The highest BCUT2D eigenvalue weighted by Crippen LogP contribution is 2.13. The van der Waals surface area contributed by atoms with Crippen molar-refractivity contribution in [3.05, 3.63) is 30.5 Å². The van der Waals surface area contributed by atoms with Gasteiger partial charge in [0.05, 0.1) is 31.4 Å². The van der Waals surface area contributed by atoms with E-state index in [9.17, 15) is 0 Å². The first-order valence-electron chi connectivity index (χ1n) is 4.44. The highest BCUT2D eigenvalue weighted by atomic mass is 16.5. The van der Waals surface area contributed by atoms with Gasteiger partial charge in [-0.25, -0.2) is 15.0 Å². The first-order chi connectivity index (χ1) is 7.29. The number of hydrogen-bond acceptors (Lipinski definition) is 5. The third-order valence-corrected chi connectivity index (χ3v) is 1.85. The minimum atomic E-state index is 0.486. The standard InChI is InChI=1S/C10H10N4O/c1-7-3-11-4-9(14-7)8-5-13-10(15-2)6-12-8/h3-6H,1-2H3. The SMILES string of the molecule is COc1cnc(-c2cncc(C)n2)cn1. The van der Waals surface area contributed by atoms with Gasteiger partial charge >= 0.3 is 0 Å². The van der Waals surface area contributed by atoms with E-state index in [1.165, 1.54) is 0 Å². The van der Waals surface area contributed by atoms with E-state index in [1.807, 2.05) is 6.92 Å². The van der Waals surface area contributed by atoms with Crippen molar-refractivity contribution in [1.29, 1.82) is 0 Å². The van der Waals surface area contributed by atoms with Crippen LogP contribution in [0.15, 0.2) is 24.8 Å². The molecule has 5 nitrogen and oxygen atoms in total. The number of rotatable bonds is 2. The number of aromatic nitrogens is 4. The lowest BCUT2D eigenvalue weighted by molar-refractivity contribution is 0.396. The molecule has 15 heavy (non-hydrogen) atoms. The predicted molar refractivity (Wildman–Crippen MR) is 54.3 cm³/mol. The summed E-state index contributed by atoms with van der Waals surface area (Å²) < 4.78 is 4.92. The van der Waals surface area contributed by atoms with Crippen LogP contribution in [0, 0.1) is 6.92 Å². The third-order valence-electron chi connectivity index (χ3n) is 1.85. The molecule has 2 aromatic heterocycles. The van der Waals surface area contributed by atoms with Crippen LogP contribution in [0.3, 0.4) is 0 Å². The van der Waals surface area contributed by atoms with E-state index in [4.69, 9.17) is 4.74 Å². The zero-order chi connectivity index (χ0) is 10.7. The van der Waals surface area contributed by atoms with Gasteiger partial charge in [-0.05, 0) is 6.92 Å². The molecule has 0 aliphatic carbocycles. The second-order valence-corrected chi connectivity index (χ2v) is 2.99. The van der Waals surface area contributed by atoms with E-state index >= 15 is 0 Å². The van der Waals surface area contributed by atoms with Crippen LogP contribution in [-0.4, -0.2) is 27.0 Å². The Balaban J connectivity index is 2.37. The van der Waals surface area contributed by atoms with Crippen molar-refractivity contribution in [1.82, 2.24) is 19.9 Å². The molecule has 0 fully saturated rings. The first-order valence-corrected chi connectivity index (χ1v) is 4.44. The van der Waals surface area contributed by atoms with Crippen LogP contribution < -0.4 is 4.74 Å². The fourth-order valence-corrected chi connectivity index (χ4v) is 1.14. The third kappa shape index (κ3) is 2.07. The number of ether oxygens (including phenoxy) is 1. The molecule has 0 radical (unpaired) electrons. The van der Waals surface area contributed by atoms with Gasteiger partial charge < -0.3 is 4.74 Å². The van der Waals surface area contributed by atoms with Gasteiger partial charge in [0.2, 0.25) is 5.88 Å². The summed E-state index contributed by atoms with van der Waals surface area (Å²) in [6, 6.07) is 0. The van der Waals surface area contributed by atoms with Gasteiger partial charge in [0.15, 0.2) is 0 Å². The van der Waals surface area contributed by atoms with Crippen LogP contribution in [-0.2, 0) is 0 Å². The Kier molecular flexibility index (Phi) is 2.53. The van der Waals surface area contributed by atoms with E-state index in [2.05, 4.69) is 19.9 Å². The molecule has 0 spiro atoms. The second-order valence-electron chi connectivity index (χ2n) is 2.99. The molecule has 0 bridgehead atoms. The zero-order valence-electron chi connectivity index (χ0n) is 8.51. The van der Waals surface area contributed by atoms with E-state index in [-0.39, 0.29) is 0 Å². The van der Waals surface area contributed by atoms with Gasteiger partial charge in [-0.2, -0.15) is 0 Å². The molecule has 0 aliphatic heterocycles. The molecule has 5 heteroatoms. The molecule has 2 heterocycles. The van der Waals surface area contributed by atoms with Crippen LogP contribution in [0.2, 0.25) is 0 Å². The van der Waals surface area contributed by atoms with Crippen LogP contribution in [0.1, 0.15) is 5.69 Å². The Hall–Kier alpha value is -2.04. The van der Waals surface area contributed by atoms with Crippen molar-refractivity contribution < 1.29 is 4.74 Å². The molecule has 2 rings (SSSR count). The number of nitrogens with zero attached hydrogens (tertiary/aromatic N) is 4. The Morgan fingerprint density at radius 2 is 1.87 bits per heavy atom. The van der Waals surface area contributed by atoms with E-state index in [0.717, 1.165) is 5.69 Å². The maximum Gasteiger partial charge on any atom is 0.232 e. The summed E-state index contributed by atoms with van der Waals surface area (Å²) in [6.07, 6.45) is 6.52. The Morgan fingerprint density at radius 3 is 2.47 bits per heavy atom. The lowest BCUT2D eigenvalue weighted by Gasteiger charge is -2.01. The molecule has 2 aromatic rings. The molecule has 0 unspecified atom stereocenters. The smallest absolute Gasteiger partial charge is 0.232 e. The maximum atomic E-state index is 4.92. The summed E-state index contributed by atoms with van der Waals surface area (Å²) in [6.45, 7) is 1.88. The van der Waals surface area contributed by atoms with Crippen molar-refractivity contribution in [3.8, 4) is 17.3 Å².